The molecule has 6 nitrogen and oxygen atoms in total. The number of benzene rings is 1. The number of aliphatic hydroxyl groups excluding tert-OH is 1. The van der Waals surface area contributed by atoms with E-state index < -0.39 is 0 Å². The molecule has 0 saturated carbocycles. The number of carbonyl (C=O) groups is 1. The molecular weight excluding hydrogens is 484 g/mol. The van der Waals surface area contributed by atoms with E-state index in [4.69, 9.17) is 4.98 Å². The molecule has 0 radical (unpaired) electrons. The molecule has 2 unspecified atom stereocenters. The molecule has 0 aliphatic rings. The van der Waals surface area contributed by atoms with Crippen LogP contribution in [0.25, 0.3) is 11.0 Å². The van der Waals surface area contributed by atoms with Gasteiger partial charge in [0.1, 0.15) is 0 Å². The number of aliphatic hydroxyl groups is 1. The number of amides is 1. The summed E-state index contributed by atoms with van der Waals surface area (Å²) in [4.78, 5) is 20.0. The van der Waals surface area contributed by atoms with Crippen molar-refractivity contribution in [3.63, 3.8) is 0 Å². The third kappa shape index (κ3) is 11.8. The van der Waals surface area contributed by atoms with Crippen LogP contribution in [0.15, 0.2) is 54.7 Å². The summed E-state index contributed by atoms with van der Waals surface area (Å²) >= 11 is 0. The highest BCUT2D eigenvalue weighted by Crippen LogP contribution is 2.30. The number of allylic oxidation sites excluding steroid dienone is 4. The van der Waals surface area contributed by atoms with E-state index in [1.807, 2.05) is 52.0 Å². The summed E-state index contributed by atoms with van der Waals surface area (Å²) in [5, 5.41) is 12.1. The van der Waals surface area contributed by atoms with Gasteiger partial charge in [-0.15, -0.1) is 0 Å². The highest BCUT2D eigenvalue weighted by molar-refractivity contribution is 5.98. The maximum absolute atomic E-state index is 12.6. The van der Waals surface area contributed by atoms with Gasteiger partial charge in [0.15, 0.2) is 0 Å². The third-order valence-corrected chi connectivity index (χ3v) is 6.28. The third-order valence-electron chi connectivity index (χ3n) is 6.28. The highest BCUT2D eigenvalue weighted by atomic mass is 16.3. The van der Waals surface area contributed by atoms with E-state index in [1.165, 1.54) is 24.8 Å². The molecule has 0 spiro atoms. The number of nitrogens with zero attached hydrogens (tertiary/aromatic N) is 3. The van der Waals surface area contributed by atoms with Crippen molar-refractivity contribution in [1.29, 1.82) is 0 Å². The zero-order chi connectivity index (χ0) is 29.8. The largest absolute Gasteiger partial charge is 0.394 e. The Hall–Kier alpha value is -2.86. The summed E-state index contributed by atoms with van der Waals surface area (Å²) in [6, 6.07) is 5.75. The van der Waals surface area contributed by atoms with Gasteiger partial charge in [-0.3, -0.25) is 4.79 Å². The van der Waals surface area contributed by atoms with Gasteiger partial charge in [0.05, 0.1) is 17.6 Å². The van der Waals surface area contributed by atoms with Crippen molar-refractivity contribution in [2.24, 2.45) is 0 Å². The molecule has 2 atom stereocenters. The number of aromatic nitrogens is 2. The van der Waals surface area contributed by atoms with E-state index in [2.05, 4.69) is 61.2 Å². The Morgan fingerprint density at radius 1 is 1.18 bits per heavy atom. The molecule has 2 rings (SSSR count). The number of rotatable bonds is 15. The van der Waals surface area contributed by atoms with Gasteiger partial charge in [0.2, 0.25) is 5.95 Å². The zero-order valence-electron chi connectivity index (χ0n) is 26.3. The molecule has 1 heterocycles. The molecule has 0 fully saturated rings. The van der Waals surface area contributed by atoms with Crippen LogP contribution in [0.5, 0.6) is 0 Å². The first-order chi connectivity index (χ1) is 18.9. The summed E-state index contributed by atoms with van der Waals surface area (Å²) in [6.45, 7) is 23.9. The molecular formula is C33H56N4O2. The SMILES string of the molecule is C=C/C=C\C(C)=C/CCN(CC)c1nc2cc(C(=O)NC(C)CO)ccc2n1C(C)CCCCC.CC.CC. The molecule has 2 N–H and O–H groups in total. The van der Waals surface area contributed by atoms with Gasteiger partial charge in [-0.1, -0.05) is 90.3 Å². The lowest BCUT2D eigenvalue weighted by atomic mass is 10.1. The topological polar surface area (TPSA) is 70.4 Å². The number of nitrogens with one attached hydrogen (secondary N) is 1. The second kappa shape index (κ2) is 21.0. The summed E-state index contributed by atoms with van der Waals surface area (Å²) in [6.07, 6.45) is 13.7. The van der Waals surface area contributed by atoms with Crippen molar-refractivity contribution in [1.82, 2.24) is 14.9 Å². The lowest BCUT2D eigenvalue weighted by Gasteiger charge is -2.26. The summed E-state index contributed by atoms with van der Waals surface area (Å²) < 4.78 is 2.35. The van der Waals surface area contributed by atoms with Crippen molar-refractivity contribution >= 4 is 22.9 Å². The molecule has 0 bridgehead atoms. The first kappa shape index (κ1) is 36.1. The number of anilines is 1. The van der Waals surface area contributed by atoms with E-state index in [0.29, 0.717) is 11.6 Å². The van der Waals surface area contributed by atoms with E-state index in [1.54, 1.807) is 13.0 Å². The minimum Gasteiger partial charge on any atom is -0.394 e. The van der Waals surface area contributed by atoms with Crippen LogP contribution < -0.4 is 10.2 Å². The number of imidazole rings is 1. The first-order valence-electron chi connectivity index (χ1n) is 15.0. The van der Waals surface area contributed by atoms with E-state index in [-0.39, 0.29) is 18.6 Å². The smallest absolute Gasteiger partial charge is 0.251 e. The Bertz CT molecular complexity index is 1020. The van der Waals surface area contributed by atoms with Crippen molar-refractivity contribution in [2.45, 2.75) is 107 Å². The Balaban J connectivity index is 0.00000344. The number of hydrogen-bond donors (Lipinski definition) is 2. The summed E-state index contributed by atoms with van der Waals surface area (Å²) in [7, 11) is 0. The summed E-state index contributed by atoms with van der Waals surface area (Å²) in [5.41, 5.74) is 3.65. The van der Waals surface area contributed by atoms with Gasteiger partial charge in [-0.2, -0.15) is 0 Å². The summed E-state index contributed by atoms with van der Waals surface area (Å²) in [5.74, 6) is 0.765. The quantitative estimate of drug-likeness (QED) is 0.176. The van der Waals surface area contributed by atoms with Gasteiger partial charge >= 0.3 is 0 Å². The maximum Gasteiger partial charge on any atom is 0.251 e. The van der Waals surface area contributed by atoms with Crippen LogP contribution in [-0.4, -0.2) is 46.3 Å². The van der Waals surface area contributed by atoms with Crippen molar-refractivity contribution < 1.29 is 9.90 Å². The van der Waals surface area contributed by atoms with Gasteiger partial charge in [-0.05, 0) is 58.7 Å². The van der Waals surface area contributed by atoms with Gasteiger partial charge in [0.25, 0.3) is 5.91 Å². The second-order valence-electron chi connectivity index (χ2n) is 9.30. The van der Waals surface area contributed by atoms with Crippen LogP contribution in [-0.2, 0) is 0 Å². The van der Waals surface area contributed by atoms with Gasteiger partial charge in [-0.25, -0.2) is 4.98 Å². The van der Waals surface area contributed by atoms with Crippen LogP contribution >= 0.6 is 0 Å². The van der Waals surface area contributed by atoms with Crippen LogP contribution in [0.1, 0.15) is 111 Å². The molecule has 0 aliphatic carbocycles. The zero-order valence-corrected chi connectivity index (χ0v) is 26.3. The number of hydrogen-bond acceptors (Lipinski definition) is 4. The fourth-order valence-corrected chi connectivity index (χ4v) is 4.19. The molecule has 39 heavy (non-hydrogen) atoms. The Morgan fingerprint density at radius 2 is 1.87 bits per heavy atom. The molecule has 0 saturated heterocycles. The standard InChI is InChI=1S/C29H44N4O2.2C2H6/c1-7-10-12-16-24(6)33-27-18-17-25(28(35)30-23(5)21-34)20-26(27)31-29(33)32(9-3)19-13-15-22(4)14-11-8-2;2*1-2/h8,11,14-15,17-18,20,23-24,34H,2,7,9-10,12-13,16,19,21H2,1,3-6H3,(H,30,35);2*1-2H3/b14-11-,22-15-;;. The highest BCUT2D eigenvalue weighted by Gasteiger charge is 2.21. The van der Waals surface area contributed by atoms with Gasteiger partial charge in [0, 0.05) is 30.7 Å². The fraction of sp³-hybridized carbons (Fsp3) is 0.576. The maximum atomic E-state index is 12.6. The molecule has 0 aliphatic heterocycles. The molecule has 220 valence electrons. The number of fused-ring (bicyclic) bond motifs is 1. The molecule has 1 aromatic heterocycles. The molecule has 1 aromatic carbocycles. The Morgan fingerprint density at radius 3 is 2.46 bits per heavy atom. The normalized spacial score (nSPS) is 12.7. The van der Waals surface area contributed by atoms with E-state index >= 15 is 0 Å². The Kier molecular flexibility index (Phi) is 19.5. The van der Waals surface area contributed by atoms with Crippen LogP contribution in [0.3, 0.4) is 0 Å². The molecule has 1 amide bonds. The minimum atomic E-state index is -0.293. The first-order valence-corrected chi connectivity index (χ1v) is 15.0. The average Bonchev–Trinajstić information content (AvgIpc) is 3.34. The Labute approximate surface area is 238 Å². The molecule has 6 heteroatoms. The lowest BCUT2D eigenvalue weighted by Crippen LogP contribution is -2.34. The van der Waals surface area contributed by atoms with Crippen molar-refractivity contribution in [3.8, 4) is 0 Å². The monoisotopic (exact) mass is 540 g/mol. The van der Waals surface area contributed by atoms with Crippen molar-refractivity contribution in [2.75, 3.05) is 24.6 Å². The van der Waals surface area contributed by atoms with E-state index in [9.17, 15) is 9.90 Å². The van der Waals surface area contributed by atoms with Crippen LogP contribution in [0.2, 0.25) is 0 Å². The van der Waals surface area contributed by atoms with Gasteiger partial charge < -0.3 is 19.9 Å². The van der Waals surface area contributed by atoms with Crippen LogP contribution in [0.4, 0.5) is 5.95 Å². The number of unbranched alkanes of at least 4 members (excludes halogenated alkanes) is 2. The predicted molar refractivity (Wildman–Crippen MR) is 171 cm³/mol. The fourth-order valence-electron chi connectivity index (χ4n) is 4.19. The minimum absolute atomic E-state index is 0.0925. The predicted octanol–water partition coefficient (Wildman–Crippen LogP) is 8.25. The van der Waals surface area contributed by atoms with Crippen molar-refractivity contribution in [3.05, 3.63) is 60.2 Å². The average molecular weight is 541 g/mol. The van der Waals surface area contributed by atoms with E-state index in [0.717, 1.165) is 42.9 Å². The molecule has 2 aromatic rings. The number of carbonyl (C=O) groups excluding carboxylic acids is 1. The second-order valence-corrected chi connectivity index (χ2v) is 9.30. The lowest BCUT2D eigenvalue weighted by molar-refractivity contribution is 0.0922. The van der Waals surface area contributed by atoms with Crippen LogP contribution in [0, 0.1) is 0 Å².